The van der Waals surface area contributed by atoms with Gasteiger partial charge in [-0.3, -0.25) is 4.79 Å². The summed E-state index contributed by atoms with van der Waals surface area (Å²) in [5.74, 6) is 0.783. The van der Waals surface area contributed by atoms with E-state index in [4.69, 9.17) is 4.74 Å². The maximum atomic E-state index is 11.2. The first-order valence-corrected chi connectivity index (χ1v) is 5.86. The molecular formula is C16H12O2. The summed E-state index contributed by atoms with van der Waals surface area (Å²) in [4.78, 5) is 11.2. The maximum absolute atomic E-state index is 11.2. The first-order valence-electron chi connectivity index (χ1n) is 5.86. The van der Waals surface area contributed by atoms with Crippen LogP contribution in [-0.4, -0.2) is 6.29 Å². The monoisotopic (exact) mass is 236 g/mol. The van der Waals surface area contributed by atoms with E-state index in [-0.39, 0.29) is 5.92 Å². The Balaban J connectivity index is 2.16. The second kappa shape index (κ2) is 4.49. The molecule has 0 fully saturated rings. The van der Waals surface area contributed by atoms with Crippen LogP contribution in [0.15, 0.2) is 66.4 Å². The molecule has 0 radical (unpaired) electrons. The van der Waals surface area contributed by atoms with Gasteiger partial charge in [-0.1, -0.05) is 48.5 Å². The highest BCUT2D eigenvalue weighted by molar-refractivity contribution is 5.79. The second-order valence-corrected chi connectivity index (χ2v) is 4.24. The fraction of sp³-hybridized carbons (Fsp3) is 0.0625. The Morgan fingerprint density at radius 2 is 1.67 bits per heavy atom. The lowest BCUT2D eigenvalue weighted by Crippen LogP contribution is -2.12. The van der Waals surface area contributed by atoms with Gasteiger partial charge in [-0.2, -0.15) is 0 Å². The molecule has 0 saturated heterocycles. The van der Waals surface area contributed by atoms with E-state index < -0.39 is 0 Å². The lowest BCUT2D eigenvalue weighted by Gasteiger charge is -2.24. The number of hydrogen-bond acceptors (Lipinski definition) is 2. The van der Waals surface area contributed by atoms with E-state index in [2.05, 4.69) is 0 Å². The summed E-state index contributed by atoms with van der Waals surface area (Å²) < 4.78 is 5.49. The van der Waals surface area contributed by atoms with Crippen molar-refractivity contribution in [2.45, 2.75) is 5.92 Å². The van der Waals surface area contributed by atoms with Gasteiger partial charge in [-0.25, -0.2) is 0 Å². The van der Waals surface area contributed by atoms with Gasteiger partial charge in [0.2, 0.25) is 0 Å². The van der Waals surface area contributed by atoms with Crippen LogP contribution in [0, 0.1) is 0 Å². The molecule has 1 unspecified atom stereocenters. The zero-order chi connectivity index (χ0) is 12.4. The number of hydrogen-bond donors (Lipinski definition) is 0. The Morgan fingerprint density at radius 3 is 2.44 bits per heavy atom. The molecule has 0 saturated carbocycles. The Labute approximate surface area is 106 Å². The van der Waals surface area contributed by atoms with Crippen LogP contribution in [0.5, 0.6) is 5.75 Å². The molecule has 1 atom stereocenters. The topological polar surface area (TPSA) is 26.3 Å². The van der Waals surface area contributed by atoms with Crippen LogP contribution in [0.3, 0.4) is 0 Å². The van der Waals surface area contributed by atoms with E-state index in [0.717, 1.165) is 23.2 Å². The molecule has 2 nitrogen and oxygen atoms in total. The van der Waals surface area contributed by atoms with E-state index in [1.165, 1.54) is 0 Å². The molecule has 2 heteroatoms. The van der Waals surface area contributed by atoms with Crippen molar-refractivity contribution in [3.05, 3.63) is 77.6 Å². The fourth-order valence-electron chi connectivity index (χ4n) is 2.32. The smallest absolute Gasteiger partial charge is 0.150 e. The Hall–Kier alpha value is -2.35. The number of fused-ring (bicyclic) bond motifs is 1. The predicted octanol–water partition coefficient (Wildman–Crippen LogP) is 3.29. The summed E-state index contributed by atoms with van der Waals surface area (Å²) in [7, 11) is 0. The second-order valence-electron chi connectivity index (χ2n) is 4.24. The Morgan fingerprint density at radius 1 is 0.944 bits per heavy atom. The molecule has 2 aromatic rings. The van der Waals surface area contributed by atoms with Crippen molar-refractivity contribution >= 4 is 6.29 Å². The molecular weight excluding hydrogens is 224 g/mol. The third kappa shape index (κ3) is 1.72. The van der Waals surface area contributed by atoms with Crippen molar-refractivity contribution in [1.29, 1.82) is 0 Å². The number of benzene rings is 2. The van der Waals surface area contributed by atoms with E-state index in [1.807, 2.05) is 54.6 Å². The predicted molar refractivity (Wildman–Crippen MR) is 69.5 cm³/mol. The lowest BCUT2D eigenvalue weighted by molar-refractivity contribution is -0.105. The largest absolute Gasteiger partial charge is 0.464 e. The number of carbonyl (C=O) groups is 1. The molecule has 0 N–H and O–H groups in total. The molecule has 2 aromatic carbocycles. The number of ether oxygens (including phenoxy) is 1. The van der Waals surface area contributed by atoms with E-state index in [1.54, 1.807) is 6.26 Å². The fourth-order valence-corrected chi connectivity index (χ4v) is 2.32. The molecule has 1 heterocycles. The summed E-state index contributed by atoms with van der Waals surface area (Å²) in [5.41, 5.74) is 2.79. The van der Waals surface area contributed by atoms with Crippen molar-refractivity contribution in [3.63, 3.8) is 0 Å². The van der Waals surface area contributed by atoms with Gasteiger partial charge in [0.05, 0.1) is 6.26 Å². The quantitative estimate of drug-likeness (QED) is 0.748. The zero-order valence-electron chi connectivity index (χ0n) is 9.74. The average Bonchev–Trinajstić information content (AvgIpc) is 2.47. The van der Waals surface area contributed by atoms with E-state index in [0.29, 0.717) is 5.57 Å². The molecule has 0 aliphatic carbocycles. The van der Waals surface area contributed by atoms with Crippen LogP contribution in [0.25, 0.3) is 0 Å². The van der Waals surface area contributed by atoms with Gasteiger partial charge < -0.3 is 4.74 Å². The highest BCUT2D eigenvalue weighted by atomic mass is 16.5. The van der Waals surface area contributed by atoms with Crippen molar-refractivity contribution in [2.24, 2.45) is 0 Å². The van der Waals surface area contributed by atoms with Gasteiger partial charge in [0.15, 0.2) is 0 Å². The van der Waals surface area contributed by atoms with Gasteiger partial charge in [-0.15, -0.1) is 0 Å². The van der Waals surface area contributed by atoms with Gasteiger partial charge in [0.25, 0.3) is 0 Å². The van der Waals surface area contributed by atoms with E-state index >= 15 is 0 Å². The van der Waals surface area contributed by atoms with Gasteiger partial charge in [-0.05, 0) is 11.6 Å². The molecule has 0 spiro atoms. The Bertz CT molecular complexity index is 600. The first-order chi connectivity index (χ1) is 8.90. The number of para-hydroxylation sites is 1. The minimum absolute atomic E-state index is 0.0337. The number of allylic oxidation sites excluding steroid dienone is 1. The molecule has 18 heavy (non-hydrogen) atoms. The van der Waals surface area contributed by atoms with Crippen LogP contribution >= 0.6 is 0 Å². The average molecular weight is 236 g/mol. The summed E-state index contributed by atoms with van der Waals surface area (Å²) in [6.45, 7) is 0. The van der Waals surface area contributed by atoms with Crippen molar-refractivity contribution < 1.29 is 9.53 Å². The minimum Gasteiger partial charge on any atom is -0.464 e. The molecule has 88 valence electrons. The third-order valence-corrected chi connectivity index (χ3v) is 3.15. The summed E-state index contributed by atoms with van der Waals surface area (Å²) in [6.07, 6.45) is 2.42. The van der Waals surface area contributed by atoms with Crippen LogP contribution in [0.2, 0.25) is 0 Å². The number of rotatable bonds is 2. The Kier molecular flexibility index (Phi) is 2.69. The summed E-state index contributed by atoms with van der Waals surface area (Å²) in [5, 5.41) is 0. The van der Waals surface area contributed by atoms with Crippen LogP contribution < -0.4 is 4.74 Å². The van der Waals surface area contributed by atoms with Crippen LogP contribution in [0.1, 0.15) is 17.0 Å². The van der Waals surface area contributed by atoms with Gasteiger partial charge in [0, 0.05) is 17.1 Å². The van der Waals surface area contributed by atoms with Crippen molar-refractivity contribution in [3.8, 4) is 5.75 Å². The number of carbonyl (C=O) groups excluding carboxylic acids is 1. The molecule has 3 rings (SSSR count). The van der Waals surface area contributed by atoms with Crippen molar-refractivity contribution in [1.82, 2.24) is 0 Å². The molecule has 0 amide bonds. The number of aldehydes is 1. The van der Waals surface area contributed by atoms with E-state index in [9.17, 15) is 4.79 Å². The SMILES string of the molecule is O=CC1=COc2ccccc2C1c1ccccc1. The molecule has 1 aliphatic heterocycles. The van der Waals surface area contributed by atoms with Crippen LogP contribution in [0.4, 0.5) is 0 Å². The zero-order valence-corrected chi connectivity index (χ0v) is 9.74. The maximum Gasteiger partial charge on any atom is 0.150 e. The lowest BCUT2D eigenvalue weighted by atomic mass is 9.84. The highest BCUT2D eigenvalue weighted by Gasteiger charge is 2.25. The third-order valence-electron chi connectivity index (χ3n) is 3.15. The highest BCUT2D eigenvalue weighted by Crippen LogP contribution is 2.39. The normalized spacial score (nSPS) is 17.3. The van der Waals surface area contributed by atoms with Crippen molar-refractivity contribution in [2.75, 3.05) is 0 Å². The standard InChI is InChI=1S/C16H12O2/c17-10-13-11-18-15-9-5-4-8-14(15)16(13)12-6-2-1-3-7-12/h1-11,16H. The minimum atomic E-state index is -0.0337. The molecule has 0 bridgehead atoms. The first kappa shape index (κ1) is 10.8. The molecule has 1 aliphatic rings. The molecule has 0 aromatic heterocycles. The van der Waals surface area contributed by atoms with Crippen LogP contribution in [-0.2, 0) is 4.79 Å². The van der Waals surface area contributed by atoms with Gasteiger partial charge in [0.1, 0.15) is 12.0 Å². The summed E-state index contributed by atoms with van der Waals surface area (Å²) >= 11 is 0. The summed E-state index contributed by atoms with van der Waals surface area (Å²) in [6, 6.07) is 17.8. The van der Waals surface area contributed by atoms with Gasteiger partial charge >= 0.3 is 0 Å².